The second-order valence-corrected chi connectivity index (χ2v) is 11.5. The summed E-state index contributed by atoms with van der Waals surface area (Å²) in [6.07, 6.45) is -11.9. The number of hydrogen-bond acceptors (Lipinski definition) is 5. The topological polar surface area (TPSA) is 113 Å². The number of anilines is 1. The van der Waals surface area contributed by atoms with Crippen LogP contribution in [0.15, 0.2) is 83.8 Å². The Labute approximate surface area is 237 Å². The van der Waals surface area contributed by atoms with Crippen molar-refractivity contribution in [1.29, 1.82) is 0 Å². The van der Waals surface area contributed by atoms with Crippen LogP contribution in [0.4, 0.5) is 32.0 Å². The highest BCUT2D eigenvalue weighted by molar-refractivity contribution is 7.91. The molecule has 42 heavy (non-hydrogen) atoms. The molecular formula is C28H26F6N2O5S. The van der Waals surface area contributed by atoms with E-state index in [1.54, 1.807) is 30.3 Å². The minimum absolute atomic E-state index is 0.0271. The Kier molecular flexibility index (Phi) is 9.73. The van der Waals surface area contributed by atoms with Gasteiger partial charge in [0.2, 0.25) is 5.91 Å². The van der Waals surface area contributed by atoms with Crippen LogP contribution in [0.25, 0.3) is 0 Å². The Morgan fingerprint density at radius 1 is 0.833 bits per heavy atom. The van der Waals surface area contributed by atoms with Gasteiger partial charge in [0.05, 0.1) is 10.6 Å². The lowest BCUT2D eigenvalue weighted by atomic mass is 9.92. The molecule has 226 valence electrons. The maximum Gasteiger partial charge on any atom is 0.430 e. The molecule has 0 aliphatic heterocycles. The minimum Gasteiger partial charge on any atom is -0.369 e. The zero-order chi connectivity index (χ0) is 31.3. The van der Waals surface area contributed by atoms with Gasteiger partial charge in [0.15, 0.2) is 9.84 Å². The van der Waals surface area contributed by atoms with Gasteiger partial charge in [-0.05, 0) is 41.8 Å². The van der Waals surface area contributed by atoms with Crippen molar-refractivity contribution in [2.24, 2.45) is 0 Å². The molecule has 14 heteroatoms. The van der Waals surface area contributed by atoms with Gasteiger partial charge in [-0.15, -0.1) is 0 Å². The van der Waals surface area contributed by atoms with Gasteiger partial charge in [-0.25, -0.2) is 8.42 Å². The molecule has 1 unspecified atom stereocenters. The van der Waals surface area contributed by atoms with Gasteiger partial charge < -0.3 is 15.7 Å². The molecule has 2 amide bonds. The Morgan fingerprint density at radius 3 is 1.88 bits per heavy atom. The summed E-state index contributed by atoms with van der Waals surface area (Å²) in [5, 5.41) is 14.4. The number of benzene rings is 3. The molecule has 0 bridgehead atoms. The van der Waals surface area contributed by atoms with Crippen molar-refractivity contribution in [3.63, 3.8) is 0 Å². The zero-order valence-electron chi connectivity index (χ0n) is 22.0. The average Bonchev–Trinajstić information content (AvgIpc) is 2.94. The van der Waals surface area contributed by atoms with E-state index in [9.17, 15) is 49.5 Å². The summed E-state index contributed by atoms with van der Waals surface area (Å²) in [7, 11) is -3.58. The van der Waals surface area contributed by atoms with E-state index < -0.39 is 51.2 Å². The van der Waals surface area contributed by atoms with E-state index in [2.05, 4.69) is 10.6 Å². The first-order valence-electron chi connectivity index (χ1n) is 12.4. The molecule has 0 fully saturated rings. The largest absolute Gasteiger partial charge is 0.430 e. The van der Waals surface area contributed by atoms with Crippen LogP contribution in [-0.4, -0.2) is 43.4 Å². The molecule has 0 heterocycles. The Bertz CT molecular complexity index is 1480. The smallest absolute Gasteiger partial charge is 0.369 e. The Hall–Kier alpha value is -3.91. The van der Waals surface area contributed by atoms with Crippen LogP contribution in [0.3, 0.4) is 0 Å². The van der Waals surface area contributed by atoms with Crippen molar-refractivity contribution in [2.75, 3.05) is 11.1 Å². The fourth-order valence-corrected chi connectivity index (χ4v) is 4.85. The van der Waals surface area contributed by atoms with Gasteiger partial charge in [0.25, 0.3) is 11.5 Å². The van der Waals surface area contributed by atoms with Crippen molar-refractivity contribution in [2.45, 2.75) is 48.7 Å². The molecule has 0 saturated heterocycles. The molecule has 7 nitrogen and oxygen atoms in total. The van der Waals surface area contributed by atoms with Gasteiger partial charge in [-0.2, -0.15) is 26.3 Å². The van der Waals surface area contributed by atoms with Crippen LogP contribution in [0, 0.1) is 0 Å². The fourth-order valence-electron chi connectivity index (χ4n) is 3.97. The van der Waals surface area contributed by atoms with E-state index in [1.165, 1.54) is 31.2 Å². The molecule has 3 aromatic rings. The van der Waals surface area contributed by atoms with Crippen LogP contribution < -0.4 is 10.6 Å². The van der Waals surface area contributed by atoms with Gasteiger partial charge in [0, 0.05) is 17.7 Å². The molecule has 3 N–H and O–H groups in total. The third kappa shape index (κ3) is 7.29. The first-order valence-corrected chi connectivity index (χ1v) is 14.1. The van der Waals surface area contributed by atoms with Crippen molar-refractivity contribution < 1.29 is 49.5 Å². The number of aryl methyl sites for hydroxylation is 1. The summed E-state index contributed by atoms with van der Waals surface area (Å²) >= 11 is 0. The predicted molar refractivity (Wildman–Crippen MR) is 141 cm³/mol. The van der Waals surface area contributed by atoms with E-state index in [1.807, 2.05) is 0 Å². The molecule has 0 aromatic heterocycles. The van der Waals surface area contributed by atoms with E-state index in [0.717, 1.165) is 17.7 Å². The quantitative estimate of drug-likeness (QED) is 0.271. The second-order valence-electron chi connectivity index (χ2n) is 9.23. The molecule has 0 aliphatic rings. The number of aliphatic hydroxyl groups is 1. The van der Waals surface area contributed by atoms with E-state index in [4.69, 9.17) is 0 Å². The third-order valence-electron chi connectivity index (χ3n) is 6.39. The van der Waals surface area contributed by atoms with Crippen LogP contribution in [0.2, 0.25) is 0 Å². The molecule has 0 radical (unpaired) electrons. The SMILES string of the molecule is CCS(=O)(=O)c1ccc(C(NC(=O)CCc2ccccc2)C(=O)Nc2ccc(C(O)(C(F)(F)F)C(F)(F)F)cc2)cc1. The number of carbonyl (C=O) groups excluding carboxylic acids is 2. The first-order chi connectivity index (χ1) is 19.5. The van der Waals surface area contributed by atoms with E-state index in [-0.39, 0.29) is 28.3 Å². The highest BCUT2D eigenvalue weighted by atomic mass is 32.2. The number of halogens is 6. The summed E-state index contributed by atoms with van der Waals surface area (Å²) in [5.74, 6) is -1.65. The molecule has 0 spiro atoms. The average molecular weight is 617 g/mol. The maximum atomic E-state index is 13.2. The van der Waals surface area contributed by atoms with Gasteiger partial charge in [0.1, 0.15) is 6.04 Å². The number of amides is 2. The van der Waals surface area contributed by atoms with Crippen LogP contribution in [0.5, 0.6) is 0 Å². The van der Waals surface area contributed by atoms with Crippen LogP contribution in [-0.2, 0) is 31.4 Å². The lowest BCUT2D eigenvalue weighted by Gasteiger charge is -2.32. The predicted octanol–water partition coefficient (Wildman–Crippen LogP) is 5.22. The number of rotatable bonds is 10. The lowest BCUT2D eigenvalue weighted by molar-refractivity contribution is -0.376. The highest BCUT2D eigenvalue weighted by Gasteiger charge is 2.71. The third-order valence-corrected chi connectivity index (χ3v) is 8.14. The van der Waals surface area contributed by atoms with Gasteiger partial charge in [-0.3, -0.25) is 9.59 Å². The zero-order valence-corrected chi connectivity index (χ0v) is 22.8. The number of hydrogen-bond donors (Lipinski definition) is 3. The van der Waals surface area contributed by atoms with Crippen molar-refractivity contribution in [3.05, 3.63) is 95.6 Å². The van der Waals surface area contributed by atoms with Crippen LogP contribution in [0.1, 0.15) is 36.1 Å². The molecule has 1 atom stereocenters. The highest BCUT2D eigenvalue weighted by Crippen LogP contribution is 2.50. The summed E-state index contributed by atoms with van der Waals surface area (Å²) in [5.41, 5.74) is -5.88. The molecular weight excluding hydrogens is 590 g/mol. The number of alkyl halides is 6. The molecule has 0 aliphatic carbocycles. The Balaban J connectivity index is 1.87. The van der Waals surface area contributed by atoms with Crippen molar-refractivity contribution >= 4 is 27.3 Å². The summed E-state index contributed by atoms with van der Waals surface area (Å²) in [6, 6.07) is 14.9. The molecule has 3 aromatic carbocycles. The number of sulfone groups is 1. The van der Waals surface area contributed by atoms with E-state index >= 15 is 0 Å². The fraction of sp³-hybridized carbons (Fsp3) is 0.286. The van der Waals surface area contributed by atoms with Crippen molar-refractivity contribution in [1.82, 2.24) is 5.32 Å². The number of carbonyl (C=O) groups is 2. The van der Waals surface area contributed by atoms with Gasteiger partial charge in [-0.1, -0.05) is 61.5 Å². The van der Waals surface area contributed by atoms with Crippen LogP contribution >= 0.6 is 0 Å². The standard InChI is InChI=1S/C28H26F6N2O5S/c1-2-42(40,41)22-15-9-19(10-16-22)24(36-23(37)17-8-18-6-4-3-5-7-18)25(38)35-21-13-11-20(12-14-21)26(39,27(29,30)31)28(32,33)34/h3-7,9-16,24,39H,2,8,17H2,1H3,(H,35,38)(H,36,37). The lowest BCUT2D eigenvalue weighted by Crippen LogP contribution is -2.53. The molecule has 0 saturated carbocycles. The number of nitrogens with one attached hydrogen (secondary N) is 2. The Morgan fingerprint density at radius 2 is 1.38 bits per heavy atom. The normalized spacial score (nSPS) is 13.3. The first kappa shape index (κ1) is 32.6. The summed E-state index contributed by atoms with van der Waals surface area (Å²) in [6.45, 7) is 1.45. The maximum absolute atomic E-state index is 13.2. The summed E-state index contributed by atoms with van der Waals surface area (Å²) in [4.78, 5) is 25.9. The van der Waals surface area contributed by atoms with Gasteiger partial charge >= 0.3 is 12.4 Å². The second kappa shape index (κ2) is 12.5. The van der Waals surface area contributed by atoms with E-state index in [0.29, 0.717) is 18.6 Å². The monoisotopic (exact) mass is 616 g/mol. The minimum atomic E-state index is -6.08. The summed E-state index contributed by atoms with van der Waals surface area (Å²) < 4.78 is 103. The molecule has 3 rings (SSSR count). The van der Waals surface area contributed by atoms with Crippen molar-refractivity contribution in [3.8, 4) is 0 Å².